The van der Waals surface area contributed by atoms with E-state index >= 15 is 0 Å². The van der Waals surface area contributed by atoms with Gasteiger partial charge >= 0.3 is 0 Å². The van der Waals surface area contributed by atoms with Crippen molar-refractivity contribution in [3.63, 3.8) is 0 Å². The zero-order chi connectivity index (χ0) is 14.5. The average molecular weight is 273 g/mol. The molecule has 0 aliphatic heterocycles. The molecule has 0 saturated heterocycles. The first-order valence-electron chi connectivity index (χ1n) is 7.15. The number of nitrogens with one attached hydrogen (secondary N) is 1. The quantitative estimate of drug-likeness (QED) is 0.878. The van der Waals surface area contributed by atoms with E-state index in [9.17, 15) is 0 Å². The van der Waals surface area contributed by atoms with Gasteiger partial charge in [-0.25, -0.2) is 0 Å². The predicted octanol–water partition coefficient (Wildman–Crippen LogP) is 3.22. The summed E-state index contributed by atoms with van der Waals surface area (Å²) in [6.07, 6.45) is 1.87. The molecule has 1 atom stereocenters. The fourth-order valence-corrected chi connectivity index (χ4v) is 2.24. The minimum atomic E-state index is 0.376. The Balaban J connectivity index is 2.06. The van der Waals surface area contributed by atoms with Crippen LogP contribution < -0.4 is 5.32 Å². The van der Waals surface area contributed by atoms with Gasteiger partial charge in [-0.1, -0.05) is 48.8 Å². The summed E-state index contributed by atoms with van der Waals surface area (Å²) in [6.45, 7) is 6.50. The Labute approximate surface area is 120 Å². The van der Waals surface area contributed by atoms with Gasteiger partial charge in [0, 0.05) is 18.0 Å². The minimum absolute atomic E-state index is 0.376. The van der Waals surface area contributed by atoms with Crippen molar-refractivity contribution >= 4 is 0 Å². The number of nitrogens with zero attached hydrogens (tertiary/aromatic N) is 2. The molecule has 1 heterocycles. The maximum atomic E-state index is 5.36. The van der Waals surface area contributed by atoms with Gasteiger partial charge in [-0.2, -0.15) is 4.98 Å². The van der Waals surface area contributed by atoms with Crippen molar-refractivity contribution in [3.8, 4) is 11.4 Å². The van der Waals surface area contributed by atoms with Gasteiger partial charge in [-0.15, -0.1) is 0 Å². The van der Waals surface area contributed by atoms with Crippen LogP contribution >= 0.6 is 0 Å². The van der Waals surface area contributed by atoms with Gasteiger partial charge in [0.1, 0.15) is 0 Å². The highest BCUT2D eigenvalue weighted by atomic mass is 16.5. The van der Waals surface area contributed by atoms with E-state index in [0.717, 1.165) is 18.4 Å². The Hall–Kier alpha value is -1.68. The molecule has 0 radical (unpaired) electrons. The van der Waals surface area contributed by atoms with E-state index in [1.165, 1.54) is 5.56 Å². The smallest absolute Gasteiger partial charge is 0.228 e. The molecule has 20 heavy (non-hydrogen) atoms. The molecule has 4 nitrogen and oxygen atoms in total. The largest absolute Gasteiger partial charge is 0.339 e. The molecule has 2 rings (SSSR count). The molecule has 1 unspecified atom stereocenters. The SMILES string of the molecule is CNC(Cc1nc(-c2ccc(C)cc2)no1)CC(C)C. The number of aromatic nitrogens is 2. The van der Waals surface area contributed by atoms with Crippen molar-refractivity contribution in [2.24, 2.45) is 5.92 Å². The van der Waals surface area contributed by atoms with Crippen molar-refractivity contribution < 1.29 is 4.52 Å². The molecule has 1 N–H and O–H groups in total. The summed E-state index contributed by atoms with van der Waals surface area (Å²) in [5.41, 5.74) is 2.22. The first-order chi connectivity index (χ1) is 9.58. The summed E-state index contributed by atoms with van der Waals surface area (Å²) in [5.74, 6) is 2.01. The molecular weight excluding hydrogens is 250 g/mol. The van der Waals surface area contributed by atoms with Crippen LogP contribution in [0.25, 0.3) is 11.4 Å². The third-order valence-corrected chi connectivity index (χ3v) is 3.36. The molecule has 1 aromatic carbocycles. The summed E-state index contributed by atoms with van der Waals surface area (Å²) < 4.78 is 5.36. The average Bonchev–Trinajstić information content (AvgIpc) is 2.87. The third kappa shape index (κ3) is 3.90. The number of hydrogen-bond acceptors (Lipinski definition) is 4. The van der Waals surface area contributed by atoms with Crippen LogP contribution in [0.1, 0.15) is 31.7 Å². The number of likely N-dealkylation sites (N-methyl/N-ethyl adjacent to an activating group) is 1. The molecule has 0 saturated carbocycles. The molecule has 0 aliphatic carbocycles. The van der Waals surface area contributed by atoms with Crippen LogP contribution in [0, 0.1) is 12.8 Å². The van der Waals surface area contributed by atoms with Crippen molar-refractivity contribution in [2.45, 2.75) is 39.7 Å². The van der Waals surface area contributed by atoms with Gasteiger partial charge in [0.2, 0.25) is 11.7 Å². The first kappa shape index (κ1) is 14.7. The molecule has 0 bridgehead atoms. The third-order valence-electron chi connectivity index (χ3n) is 3.36. The van der Waals surface area contributed by atoms with Crippen molar-refractivity contribution in [2.75, 3.05) is 7.05 Å². The van der Waals surface area contributed by atoms with Crippen LogP contribution in [0.4, 0.5) is 0 Å². The van der Waals surface area contributed by atoms with Gasteiger partial charge in [0.15, 0.2) is 0 Å². The maximum Gasteiger partial charge on any atom is 0.228 e. The molecule has 0 amide bonds. The van der Waals surface area contributed by atoms with Crippen LogP contribution in [-0.4, -0.2) is 23.2 Å². The molecular formula is C16H23N3O. The molecule has 0 fully saturated rings. The second-order valence-corrected chi connectivity index (χ2v) is 5.70. The topological polar surface area (TPSA) is 51.0 Å². The Morgan fingerprint density at radius 2 is 1.90 bits per heavy atom. The zero-order valence-corrected chi connectivity index (χ0v) is 12.7. The first-order valence-corrected chi connectivity index (χ1v) is 7.15. The fraction of sp³-hybridized carbons (Fsp3) is 0.500. The highest BCUT2D eigenvalue weighted by Crippen LogP contribution is 2.17. The van der Waals surface area contributed by atoms with E-state index in [1.54, 1.807) is 0 Å². The highest BCUT2D eigenvalue weighted by molar-refractivity contribution is 5.54. The standard InChI is InChI=1S/C16H23N3O/c1-11(2)9-14(17-4)10-15-18-16(19-20-15)13-7-5-12(3)6-8-13/h5-8,11,14,17H,9-10H2,1-4H3. The zero-order valence-electron chi connectivity index (χ0n) is 12.7. The minimum Gasteiger partial charge on any atom is -0.339 e. The number of rotatable bonds is 6. The number of aryl methyl sites for hydroxylation is 1. The summed E-state index contributed by atoms with van der Waals surface area (Å²) in [6, 6.07) is 8.53. The molecule has 0 aliphatic rings. The van der Waals surface area contributed by atoms with Gasteiger partial charge in [-0.05, 0) is 26.3 Å². The fourth-order valence-electron chi connectivity index (χ4n) is 2.24. The highest BCUT2D eigenvalue weighted by Gasteiger charge is 2.15. The monoisotopic (exact) mass is 273 g/mol. The lowest BCUT2D eigenvalue weighted by molar-refractivity contribution is 0.345. The molecule has 0 spiro atoms. The van der Waals surface area contributed by atoms with E-state index in [2.05, 4.69) is 48.4 Å². The van der Waals surface area contributed by atoms with Crippen LogP contribution in [0.15, 0.2) is 28.8 Å². The lowest BCUT2D eigenvalue weighted by atomic mass is 10.0. The summed E-state index contributed by atoms with van der Waals surface area (Å²) in [7, 11) is 1.98. The van der Waals surface area contributed by atoms with Crippen LogP contribution in [0.3, 0.4) is 0 Å². The summed E-state index contributed by atoms with van der Waals surface area (Å²) in [5, 5.41) is 7.38. The van der Waals surface area contributed by atoms with Crippen molar-refractivity contribution in [1.29, 1.82) is 0 Å². The Kier molecular flexibility index (Phi) is 4.90. The Bertz CT molecular complexity index is 531. The maximum absolute atomic E-state index is 5.36. The van der Waals surface area contributed by atoms with Crippen molar-refractivity contribution in [3.05, 3.63) is 35.7 Å². The molecule has 4 heteroatoms. The van der Waals surface area contributed by atoms with Crippen LogP contribution in [0.2, 0.25) is 0 Å². The van der Waals surface area contributed by atoms with Crippen molar-refractivity contribution in [1.82, 2.24) is 15.5 Å². The second kappa shape index (κ2) is 6.66. The predicted molar refractivity (Wildman–Crippen MR) is 80.5 cm³/mol. The van der Waals surface area contributed by atoms with Crippen LogP contribution in [-0.2, 0) is 6.42 Å². The summed E-state index contributed by atoms with van der Waals surface area (Å²) in [4.78, 5) is 4.49. The van der Waals surface area contributed by atoms with Gasteiger partial charge in [0.25, 0.3) is 0 Å². The van der Waals surface area contributed by atoms with Crippen LogP contribution in [0.5, 0.6) is 0 Å². The number of benzene rings is 1. The summed E-state index contributed by atoms with van der Waals surface area (Å²) >= 11 is 0. The van der Waals surface area contributed by atoms with E-state index < -0.39 is 0 Å². The van der Waals surface area contributed by atoms with Gasteiger partial charge in [0.05, 0.1) is 0 Å². The second-order valence-electron chi connectivity index (χ2n) is 5.70. The molecule has 1 aromatic heterocycles. The lowest BCUT2D eigenvalue weighted by Crippen LogP contribution is -2.29. The van der Waals surface area contributed by atoms with E-state index in [4.69, 9.17) is 4.52 Å². The van der Waals surface area contributed by atoms with Gasteiger partial charge < -0.3 is 9.84 Å². The molecule has 108 valence electrons. The van der Waals surface area contributed by atoms with Gasteiger partial charge in [-0.3, -0.25) is 0 Å². The van der Waals surface area contributed by atoms with E-state index in [0.29, 0.717) is 23.7 Å². The molecule has 2 aromatic rings. The lowest BCUT2D eigenvalue weighted by Gasteiger charge is -2.15. The van der Waals surface area contributed by atoms with E-state index in [-0.39, 0.29) is 0 Å². The van der Waals surface area contributed by atoms with E-state index in [1.807, 2.05) is 19.2 Å². The normalized spacial score (nSPS) is 12.8. The Morgan fingerprint density at radius 1 is 1.20 bits per heavy atom. The number of hydrogen-bond donors (Lipinski definition) is 1. The Morgan fingerprint density at radius 3 is 2.50 bits per heavy atom.